The average Bonchev–Trinajstić information content (AvgIpc) is 2.73. The van der Waals surface area contributed by atoms with E-state index >= 15 is 0 Å². The Morgan fingerprint density at radius 2 is 2.29 bits per heavy atom. The zero-order valence-corrected chi connectivity index (χ0v) is 10.7. The zero-order chi connectivity index (χ0) is 12.3. The van der Waals surface area contributed by atoms with Gasteiger partial charge in [-0.1, -0.05) is 11.2 Å². The van der Waals surface area contributed by atoms with Gasteiger partial charge in [-0.2, -0.15) is 0 Å². The van der Waals surface area contributed by atoms with Gasteiger partial charge in [0.2, 0.25) is 5.91 Å². The van der Waals surface area contributed by atoms with Gasteiger partial charge in [-0.05, 0) is 6.92 Å². The summed E-state index contributed by atoms with van der Waals surface area (Å²) < 4.78 is 13.1. The molecule has 2 heterocycles. The molecule has 17 heavy (non-hydrogen) atoms. The Labute approximate surface area is 104 Å². The van der Waals surface area contributed by atoms with E-state index < -0.39 is 11.2 Å². The van der Waals surface area contributed by atoms with Gasteiger partial charge >= 0.3 is 0 Å². The van der Waals surface area contributed by atoms with Crippen molar-refractivity contribution in [3.8, 4) is 0 Å². The lowest BCUT2D eigenvalue weighted by Gasteiger charge is -2.28. The maximum Gasteiger partial charge on any atom is 0.224 e. The van der Waals surface area contributed by atoms with Crippen LogP contribution in [-0.2, 0) is 22.5 Å². The number of carbonyl (C=O) groups is 1. The molecule has 1 fully saturated rings. The molecule has 1 aliphatic heterocycles. The Kier molecular flexibility index (Phi) is 4.06. The quantitative estimate of drug-likeness (QED) is 0.712. The number of rotatable bonds is 3. The molecule has 5 nitrogen and oxygen atoms in total. The van der Waals surface area contributed by atoms with Crippen molar-refractivity contribution >= 4 is 17.1 Å². The number of carbonyl (C=O) groups excluding carboxylic acids is 1. The highest BCUT2D eigenvalue weighted by molar-refractivity contribution is 7.91. The Hall–Kier alpha value is -1.01. The lowest BCUT2D eigenvalue weighted by molar-refractivity contribution is -0.131. The SMILES string of the molecule is Cc1n[c]cn1CCC(=O)N1CC[S+]([O-])CC1. The van der Waals surface area contributed by atoms with E-state index in [1.54, 1.807) is 11.1 Å². The fraction of sp³-hybridized carbons (Fsp3) is 0.636. The number of hydrogen-bond acceptors (Lipinski definition) is 3. The van der Waals surface area contributed by atoms with Crippen LogP contribution in [0, 0.1) is 13.1 Å². The van der Waals surface area contributed by atoms with E-state index in [9.17, 15) is 9.35 Å². The largest absolute Gasteiger partial charge is 0.616 e. The molecule has 0 spiro atoms. The normalized spacial score (nSPS) is 17.4. The maximum atomic E-state index is 11.9. The van der Waals surface area contributed by atoms with Crippen LogP contribution in [0.3, 0.4) is 0 Å². The number of aromatic nitrogens is 2. The summed E-state index contributed by atoms with van der Waals surface area (Å²) >= 11 is -0.729. The third-order valence-corrected chi connectivity index (χ3v) is 4.23. The van der Waals surface area contributed by atoms with Crippen molar-refractivity contribution in [3.05, 3.63) is 18.2 Å². The van der Waals surface area contributed by atoms with Gasteiger partial charge in [0, 0.05) is 19.2 Å². The van der Waals surface area contributed by atoms with Gasteiger partial charge < -0.3 is 14.0 Å². The Bertz CT molecular complexity index is 386. The van der Waals surface area contributed by atoms with E-state index in [1.807, 2.05) is 11.5 Å². The van der Waals surface area contributed by atoms with Gasteiger partial charge in [0.1, 0.15) is 23.5 Å². The lowest BCUT2D eigenvalue weighted by Crippen LogP contribution is -2.43. The van der Waals surface area contributed by atoms with E-state index in [1.165, 1.54) is 0 Å². The second-order valence-electron chi connectivity index (χ2n) is 4.09. The molecular weight excluding hydrogens is 238 g/mol. The monoisotopic (exact) mass is 254 g/mol. The number of aryl methyl sites for hydroxylation is 2. The Morgan fingerprint density at radius 3 is 2.88 bits per heavy atom. The molecule has 0 aliphatic carbocycles. The van der Waals surface area contributed by atoms with Crippen molar-refractivity contribution in [2.45, 2.75) is 19.9 Å². The third-order valence-electron chi connectivity index (χ3n) is 2.95. The molecule has 0 bridgehead atoms. The fourth-order valence-electron chi connectivity index (χ4n) is 1.84. The summed E-state index contributed by atoms with van der Waals surface area (Å²) in [6, 6.07) is 0. The van der Waals surface area contributed by atoms with Crippen molar-refractivity contribution in [1.29, 1.82) is 0 Å². The number of amides is 1. The van der Waals surface area contributed by atoms with E-state index in [0.717, 1.165) is 5.82 Å². The molecule has 6 heteroatoms. The fourth-order valence-corrected chi connectivity index (χ4v) is 2.89. The van der Waals surface area contributed by atoms with Gasteiger partial charge in [0.05, 0.1) is 13.1 Å². The molecule has 0 N–H and O–H groups in total. The molecule has 0 aromatic carbocycles. The van der Waals surface area contributed by atoms with Crippen molar-refractivity contribution in [2.75, 3.05) is 24.6 Å². The first-order valence-corrected chi connectivity index (χ1v) is 7.18. The zero-order valence-electron chi connectivity index (χ0n) is 9.89. The topological polar surface area (TPSA) is 61.2 Å². The highest BCUT2D eigenvalue weighted by atomic mass is 32.2. The van der Waals surface area contributed by atoms with Crippen LogP contribution in [0.25, 0.3) is 0 Å². The molecule has 1 radical (unpaired) electrons. The highest BCUT2D eigenvalue weighted by Gasteiger charge is 2.22. The van der Waals surface area contributed by atoms with Crippen LogP contribution in [0.4, 0.5) is 0 Å². The minimum absolute atomic E-state index is 0.134. The molecule has 0 unspecified atom stereocenters. The molecular formula is C11H16N3O2S. The minimum atomic E-state index is -0.729. The molecule has 0 atom stereocenters. The minimum Gasteiger partial charge on any atom is -0.616 e. The molecule has 93 valence electrons. The highest BCUT2D eigenvalue weighted by Crippen LogP contribution is 2.06. The van der Waals surface area contributed by atoms with Crippen molar-refractivity contribution in [2.24, 2.45) is 0 Å². The smallest absolute Gasteiger partial charge is 0.224 e. The molecule has 2 rings (SSSR count). The lowest BCUT2D eigenvalue weighted by atomic mass is 10.3. The summed E-state index contributed by atoms with van der Waals surface area (Å²) in [5, 5.41) is 0. The standard InChI is InChI=1S/C11H16N3O2S/c1-10-12-3-5-13(10)4-2-11(15)14-6-8-17(16)9-7-14/h5H,2,4,6-9H2,1H3. The van der Waals surface area contributed by atoms with E-state index in [0.29, 0.717) is 37.6 Å². The van der Waals surface area contributed by atoms with Crippen molar-refractivity contribution < 1.29 is 9.35 Å². The second-order valence-corrected chi connectivity index (χ2v) is 5.79. The van der Waals surface area contributed by atoms with Crippen LogP contribution < -0.4 is 0 Å². The summed E-state index contributed by atoms with van der Waals surface area (Å²) in [5.74, 6) is 2.24. The van der Waals surface area contributed by atoms with Crippen molar-refractivity contribution in [3.63, 3.8) is 0 Å². The summed E-state index contributed by atoms with van der Waals surface area (Å²) in [6.07, 6.45) is 4.98. The first kappa shape index (κ1) is 12.4. The molecule has 1 aliphatic rings. The summed E-state index contributed by atoms with van der Waals surface area (Å²) in [7, 11) is 0. The van der Waals surface area contributed by atoms with Gasteiger partial charge in [0.25, 0.3) is 0 Å². The van der Waals surface area contributed by atoms with Gasteiger partial charge in [0.15, 0.2) is 0 Å². The van der Waals surface area contributed by atoms with Gasteiger partial charge in [-0.15, -0.1) is 0 Å². The van der Waals surface area contributed by atoms with Gasteiger partial charge in [-0.3, -0.25) is 4.79 Å². The Morgan fingerprint density at radius 1 is 1.59 bits per heavy atom. The van der Waals surface area contributed by atoms with Crippen LogP contribution in [0.2, 0.25) is 0 Å². The number of nitrogens with zero attached hydrogens (tertiary/aromatic N) is 3. The molecule has 0 saturated carbocycles. The first-order chi connectivity index (χ1) is 8.16. The second kappa shape index (κ2) is 5.55. The predicted octanol–water partition coefficient (Wildman–Crippen LogP) is -0.0273. The Balaban J connectivity index is 1.80. The van der Waals surface area contributed by atoms with Crippen molar-refractivity contribution in [1.82, 2.24) is 14.5 Å². The van der Waals surface area contributed by atoms with E-state index in [2.05, 4.69) is 11.2 Å². The van der Waals surface area contributed by atoms with Crippen LogP contribution in [0.1, 0.15) is 12.2 Å². The molecule has 1 aromatic heterocycles. The first-order valence-electron chi connectivity index (χ1n) is 5.69. The molecule has 1 aromatic rings. The third kappa shape index (κ3) is 3.23. The molecule has 1 amide bonds. The van der Waals surface area contributed by atoms with E-state index in [4.69, 9.17) is 0 Å². The summed E-state index contributed by atoms with van der Waals surface area (Å²) in [5.41, 5.74) is 0. The number of hydrogen-bond donors (Lipinski definition) is 0. The average molecular weight is 254 g/mol. The van der Waals surface area contributed by atoms with Gasteiger partial charge in [-0.25, -0.2) is 4.98 Å². The van der Waals surface area contributed by atoms with E-state index in [-0.39, 0.29) is 5.91 Å². The van der Waals surface area contributed by atoms with Crippen LogP contribution in [-0.4, -0.2) is 49.5 Å². The maximum absolute atomic E-state index is 11.9. The number of imidazole rings is 1. The summed E-state index contributed by atoms with van der Waals surface area (Å²) in [4.78, 5) is 17.7. The van der Waals surface area contributed by atoms with Crippen LogP contribution in [0.5, 0.6) is 0 Å². The van der Waals surface area contributed by atoms with Crippen LogP contribution >= 0.6 is 0 Å². The summed E-state index contributed by atoms with van der Waals surface area (Å²) in [6.45, 7) is 3.78. The predicted molar refractivity (Wildman–Crippen MR) is 64.9 cm³/mol. The molecule has 1 saturated heterocycles. The van der Waals surface area contributed by atoms with Crippen LogP contribution in [0.15, 0.2) is 6.20 Å².